The highest BCUT2D eigenvalue weighted by atomic mass is 19.1. The maximum absolute atomic E-state index is 13.7. The van der Waals surface area contributed by atoms with Gasteiger partial charge in [0.05, 0.1) is 5.56 Å². The van der Waals surface area contributed by atoms with Crippen molar-refractivity contribution in [2.45, 2.75) is 19.5 Å². The maximum Gasteiger partial charge on any atom is 0.259 e. The fraction of sp³-hybridized carbons (Fsp3) is 0.280. The molecule has 0 saturated carbocycles. The molecule has 0 spiro atoms. The van der Waals surface area contributed by atoms with Gasteiger partial charge in [-0.25, -0.2) is 9.37 Å². The van der Waals surface area contributed by atoms with Crippen LogP contribution in [0, 0.1) is 5.82 Å². The Kier molecular flexibility index (Phi) is 6.78. The van der Waals surface area contributed by atoms with Crippen molar-refractivity contribution < 1.29 is 13.9 Å². The minimum Gasteiger partial charge on any atom is -0.436 e. The van der Waals surface area contributed by atoms with E-state index in [1.807, 2.05) is 12.1 Å². The Morgan fingerprint density at radius 2 is 1.97 bits per heavy atom. The zero-order chi connectivity index (χ0) is 22.5. The molecule has 1 aliphatic heterocycles. The summed E-state index contributed by atoms with van der Waals surface area (Å²) in [6.45, 7) is 6.17. The Labute approximate surface area is 187 Å². The van der Waals surface area contributed by atoms with E-state index in [9.17, 15) is 9.18 Å². The van der Waals surface area contributed by atoms with Gasteiger partial charge < -0.3 is 15.0 Å². The molecule has 1 aliphatic rings. The molecule has 166 valence electrons. The lowest BCUT2D eigenvalue weighted by atomic mass is 10.1. The number of hydrogen-bond acceptors (Lipinski definition) is 5. The second kappa shape index (κ2) is 9.89. The van der Waals surface area contributed by atoms with E-state index >= 15 is 0 Å². The molecule has 1 fully saturated rings. The average molecular weight is 435 g/mol. The summed E-state index contributed by atoms with van der Waals surface area (Å²) in [6.07, 6.45) is 1.44. The average Bonchev–Trinajstić information content (AvgIpc) is 2.81. The molecule has 7 heteroatoms. The minimum atomic E-state index is -0.468. The van der Waals surface area contributed by atoms with E-state index < -0.39 is 5.82 Å². The molecule has 2 aromatic carbocycles. The number of amides is 1. The van der Waals surface area contributed by atoms with Gasteiger partial charge in [0.25, 0.3) is 5.91 Å². The zero-order valence-electron chi connectivity index (χ0n) is 18.3. The van der Waals surface area contributed by atoms with Crippen molar-refractivity contribution in [1.29, 1.82) is 0 Å². The van der Waals surface area contributed by atoms with Crippen LogP contribution in [0.5, 0.6) is 11.6 Å². The van der Waals surface area contributed by atoms with Crippen LogP contribution in [0.25, 0.3) is 0 Å². The first kappa shape index (κ1) is 21.9. The summed E-state index contributed by atoms with van der Waals surface area (Å²) in [7, 11) is 1.74. The molecule has 1 aromatic heterocycles. The summed E-state index contributed by atoms with van der Waals surface area (Å²) in [5.74, 6) is -0.338. The summed E-state index contributed by atoms with van der Waals surface area (Å²) < 4.78 is 19.2. The molecule has 0 radical (unpaired) electrons. The highest BCUT2D eigenvalue weighted by Crippen LogP contribution is 2.23. The molecule has 1 amide bonds. The first-order valence-electron chi connectivity index (χ1n) is 10.7. The lowest BCUT2D eigenvalue weighted by Crippen LogP contribution is -2.48. The Morgan fingerprint density at radius 1 is 1.19 bits per heavy atom. The van der Waals surface area contributed by atoms with Crippen molar-refractivity contribution in [3.05, 3.63) is 83.8 Å². The van der Waals surface area contributed by atoms with Gasteiger partial charge in [-0.1, -0.05) is 24.3 Å². The number of nitrogens with zero attached hydrogens (tertiary/aromatic N) is 3. The van der Waals surface area contributed by atoms with Crippen LogP contribution < -0.4 is 15.0 Å². The predicted molar refractivity (Wildman–Crippen MR) is 123 cm³/mol. The highest BCUT2D eigenvalue weighted by Gasteiger charge is 2.17. The molecule has 6 nitrogen and oxygen atoms in total. The van der Waals surface area contributed by atoms with Gasteiger partial charge in [0.1, 0.15) is 0 Å². The van der Waals surface area contributed by atoms with Crippen molar-refractivity contribution in [2.24, 2.45) is 0 Å². The van der Waals surface area contributed by atoms with E-state index in [1.165, 1.54) is 23.9 Å². The minimum absolute atomic E-state index is 0.0894. The van der Waals surface area contributed by atoms with Gasteiger partial charge in [-0.3, -0.25) is 9.69 Å². The molecule has 2 heterocycles. The normalized spacial score (nSPS) is 16.5. The number of anilines is 1. The van der Waals surface area contributed by atoms with Gasteiger partial charge in [-0.05, 0) is 42.8 Å². The van der Waals surface area contributed by atoms with Crippen LogP contribution in [-0.2, 0) is 6.54 Å². The van der Waals surface area contributed by atoms with E-state index in [0.717, 1.165) is 31.9 Å². The monoisotopic (exact) mass is 434 g/mol. The second-order valence-electron chi connectivity index (χ2n) is 8.04. The molecular formula is C25H27FN4O2. The molecular weight excluding hydrogens is 407 g/mol. The number of rotatable bonds is 6. The third-order valence-corrected chi connectivity index (χ3v) is 5.52. The number of nitrogens with one attached hydrogen (secondary N) is 1. The van der Waals surface area contributed by atoms with E-state index in [0.29, 0.717) is 11.6 Å². The fourth-order valence-corrected chi connectivity index (χ4v) is 3.76. The topological polar surface area (TPSA) is 57.7 Å². The Morgan fingerprint density at radius 3 is 2.66 bits per heavy atom. The van der Waals surface area contributed by atoms with E-state index in [4.69, 9.17) is 4.74 Å². The SMILES string of the molecule is C[C@H]1CN(Cc2ccc(N(C)C(=O)c3ccc(Oc4ccccc4F)nc3)cc2)CCN1. The van der Waals surface area contributed by atoms with E-state index in [-0.39, 0.29) is 17.5 Å². The largest absolute Gasteiger partial charge is 0.436 e. The second-order valence-corrected chi connectivity index (χ2v) is 8.04. The molecule has 0 bridgehead atoms. The zero-order valence-corrected chi connectivity index (χ0v) is 18.3. The van der Waals surface area contributed by atoms with Crippen LogP contribution in [0.15, 0.2) is 66.9 Å². The molecule has 4 rings (SSSR count). The summed E-state index contributed by atoms with van der Waals surface area (Å²) >= 11 is 0. The number of halogens is 1. The number of carbonyl (C=O) groups is 1. The van der Waals surface area contributed by atoms with Crippen molar-refractivity contribution >= 4 is 11.6 Å². The summed E-state index contributed by atoms with van der Waals surface area (Å²) in [4.78, 5) is 21.0. The Bertz CT molecular complexity index is 1060. The number of para-hydroxylation sites is 1. The van der Waals surface area contributed by atoms with E-state index in [2.05, 4.69) is 34.3 Å². The van der Waals surface area contributed by atoms with Crippen LogP contribution in [0.2, 0.25) is 0 Å². The van der Waals surface area contributed by atoms with Crippen molar-refractivity contribution in [3.63, 3.8) is 0 Å². The molecule has 3 aromatic rings. The van der Waals surface area contributed by atoms with Gasteiger partial charge in [-0.2, -0.15) is 0 Å². The Balaban J connectivity index is 1.38. The molecule has 0 aliphatic carbocycles. The fourth-order valence-electron chi connectivity index (χ4n) is 3.76. The van der Waals surface area contributed by atoms with Crippen molar-refractivity contribution in [3.8, 4) is 11.6 Å². The summed E-state index contributed by atoms with van der Waals surface area (Å²) in [5, 5.41) is 3.45. The lowest BCUT2D eigenvalue weighted by molar-refractivity contribution is 0.0992. The molecule has 32 heavy (non-hydrogen) atoms. The van der Waals surface area contributed by atoms with Crippen LogP contribution in [0.1, 0.15) is 22.8 Å². The molecule has 1 saturated heterocycles. The summed E-state index contributed by atoms with van der Waals surface area (Å²) in [6, 6.07) is 17.9. The first-order valence-corrected chi connectivity index (χ1v) is 10.7. The third kappa shape index (κ3) is 5.30. The Hall–Kier alpha value is -3.29. The quantitative estimate of drug-likeness (QED) is 0.634. The van der Waals surface area contributed by atoms with Gasteiger partial charge in [0.2, 0.25) is 5.88 Å². The number of pyridine rings is 1. The molecule has 1 N–H and O–H groups in total. The lowest BCUT2D eigenvalue weighted by Gasteiger charge is -2.31. The predicted octanol–water partition coefficient (Wildman–Crippen LogP) is 4.08. The van der Waals surface area contributed by atoms with Crippen LogP contribution in [0.4, 0.5) is 10.1 Å². The van der Waals surface area contributed by atoms with Crippen LogP contribution >= 0.6 is 0 Å². The number of hydrogen-bond donors (Lipinski definition) is 1. The third-order valence-electron chi connectivity index (χ3n) is 5.52. The standard InChI is InChI=1S/C25H27FN4O2/c1-18-16-30(14-13-27-18)17-19-7-10-21(11-8-19)29(2)25(31)20-9-12-24(28-15-20)32-23-6-4-3-5-22(23)26/h3-12,15,18,27H,13-14,16-17H2,1-2H3/t18-/m0/s1. The van der Waals surface area contributed by atoms with Gasteiger partial charge in [0.15, 0.2) is 11.6 Å². The molecule has 0 unspecified atom stereocenters. The van der Waals surface area contributed by atoms with Crippen molar-refractivity contribution in [2.75, 3.05) is 31.6 Å². The van der Waals surface area contributed by atoms with Crippen LogP contribution in [-0.4, -0.2) is 48.5 Å². The first-order chi connectivity index (χ1) is 15.5. The number of benzene rings is 2. The maximum atomic E-state index is 13.7. The number of aromatic nitrogens is 1. The smallest absolute Gasteiger partial charge is 0.259 e. The number of piperazine rings is 1. The van der Waals surface area contributed by atoms with Gasteiger partial charge in [0, 0.05) is 57.2 Å². The van der Waals surface area contributed by atoms with Crippen LogP contribution in [0.3, 0.4) is 0 Å². The molecule has 1 atom stereocenters. The van der Waals surface area contributed by atoms with E-state index in [1.54, 1.807) is 36.2 Å². The van der Waals surface area contributed by atoms with Crippen molar-refractivity contribution in [1.82, 2.24) is 15.2 Å². The number of carbonyl (C=O) groups excluding carboxylic acids is 1. The number of ether oxygens (including phenoxy) is 1. The van der Waals surface area contributed by atoms with Gasteiger partial charge >= 0.3 is 0 Å². The van der Waals surface area contributed by atoms with Gasteiger partial charge in [-0.15, -0.1) is 0 Å². The highest BCUT2D eigenvalue weighted by molar-refractivity contribution is 6.05. The summed E-state index contributed by atoms with van der Waals surface area (Å²) in [5.41, 5.74) is 2.45.